The van der Waals surface area contributed by atoms with Gasteiger partial charge in [0.25, 0.3) is 0 Å². The Morgan fingerprint density at radius 3 is 2.35 bits per heavy atom. The molecule has 2 rings (SSSR count). The lowest BCUT2D eigenvalue weighted by Gasteiger charge is -2.07. The number of nitrogens with zero attached hydrogens (tertiary/aromatic N) is 1. The van der Waals surface area contributed by atoms with Gasteiger partial charge >= 0.3 is 0 Å². The average molecular weight is 293 g/mol. The van der Waals surface area contributed by atoms with E-state index in [9.17, 15) is 17.2 Å². The van der Waals surface area contributed by atoms with Crippen molar-refractivity contribution in [3.8, 4) is 6.07 Å². The number of halogens is 2. The van der Waals surface area contributed by atoms with Gasteiger partial charge in [0.15, 0.2) is 9.84 Å². The van der Waals surface area contributed by atoms with E-state index < -0.39 is 32.1 Å². The van der Waals surface area contributed by atoms with Gasteiger partial charge in [-0.3, -0.25) is 0 Å². The molecule has 0 bridgehead atoms. The molecule has 0 aliphatic carbocycles. The highest BCUT2D eigenvalue weighted by Gasteiger charge is 2.21. The molecule has 0 unspecified atom stereocenters. The zero-order chi connectivity index (χ0) is 14.8. The van der Waals surface area contributed by atoms with Gasteiger partial charge < -0.3 is 0 Å². The van der Waals surface area contributed by atoms with E-state index in [1.165, 1.54) is 24.3 Å². The molecule has 20 heavy (non-hydrogen) atoms. The van der Waals surface area contributed by atoms with Gasteiger partial charge in [-0.1, -0.05) is 18.2 Å². The van der Waals surface area contributed by atoms with Gasteiger partial charge in [0, 0.05) is 5.56 Å². The van der Waals surface area contributed by atoms with Crippen molar-refractivity contribution in [1.82, 2.24) is 0 Å². The fourth-order valence-electron chi connectivity index (χ4n) is 1.71. The van der Waals surface area contributed by atoms with Crippen LogP contribution in [0.25, 0.3) is 0 Å². The average Bonchev–Trinajstić information content (AvgIpc) is 2.41. The monoisotopic (exact) mass is 293 g/mol. The summed E-state index contributed by atoms with van der Waals surface area (Å²) in [4.78, 5) is -0.469. The van der Waals surface area contributed by atoms with E-state index in [1.54, 1.807) is 6.07 Å². The third-order valence-electron chi connectivity index (χ3n) is 2.70. The Hall–Kier alpha value is -2.26. The fourth-order valence-corrected chi connectivity index (χ4v) is 3.16. The van der Waals surface area contributed by atoms with Gasteiger partial charge in [0.2, 0.25) is 0 Å². The van der Waals surface area contributed by atoms with E-state index in [0.29, 0.717) is 0 Å². The highest BCUT2D eigenvalue weighted by atomic mass is 32.2. The zero-order valence-corrected chi connectivity index (χ0v) is 11.0. The van der Waals surface area contributed by atoms with Gasteiger partial charge in [-0.25, -0.2) is 17.2 Å². The van der Waals surface area contributed by atoms with Gasteiger partial charge in [0.1, 0.15) is 16.5 Å². The minimum absolute atomic E-state index is 0.0922. The fraction of sp³-hybridized carbons (Fsp3) is 0.0714. The van der Waals surface area contributed by atoms with E-state index in [2.05, 4.69) is 0 Å². The summed E-state index contributed by atoms with van der Waals surface area (Å²) in [6.45, 7) is 0. The van der Waals surface area contributed by atoms with Gasteiger partial charge in [0.05, 0.1) is 17.4 Å². The predicted octanol–water partition coefficient (Wildman–Crippen LogP) is 2.81. The first kappa shape index (κ1) is 14.2. The molecule has 0 N–H and O–H groups in total. The molecule has 0 spiro atoms. The number of nitriles is 1. The Kier molecular flexibility index (Phi) is 3.81. The van der Waals surface area contributed by atoms with Crippen molar-refractivity contribution in [2.45, 2.75) is 10.6 Å². The highest BCUT2D eigenvalue weighted by molar-refractivity contribution is 7.90. The highest BCUT2D eigenvalue weighted by Crippen LogP contribution is 2.21. The summed E-state index contributed by atoms with van der Waals surface area (Å²) in [5.74, 6) is -2.34. The molecule has 0 saturated carbocycles. The summed E-state index contributed by atoms with van der Waals surface area (Å²) < 4.78 is 51.3. The second-order valence-corrected chi connectivity index (χ2v) is 6.07. The largest absolute Gasteiger partial charge is 0.223 e. The Bertz CT molecular complexity index is 795. The van der Waals surface area contributed by atoms with Crippen molar-refractivity contribution in [1.29, 1.82) is 5.26 Å². The van der Waals surface area contributed by atoms with Crippen LogP contribution < -0.4 is 0 Å². The Balaban J connectivity index is 2.40. The summed E-state index contributed by atoms with van der Waals surface area (Å²) >= 11 is 0. The van der Waals surface area contributed by atoms with Crippen molar-refractivity contribution in [2.75, 3.05) is 0 Å². The van der Waals surface area contributed by atoms with Crippen LogP contribution in [-0.2, 0) is 15.6 Å². The van der Waals surface area contributed by atoms with E-state index >= 15 is 0 Å². The smallest absolute Gasteiger partial charge is 0.185 e. The zero-order valence-electron chi connectivity index (χ0n) is 10.2. The molecule has 0 fully saturated rings. The van der Waals surface area contributed by atoms with Crippen LogP contribution in [0.3, 0.4) is 0 Å². The molecule has 0 saturated heterocycles. The molecule has 6 heteroatoms. The molecule has 0 aliphatic rings. The van der Waals surface area contributed by atoms with Crippen molar-refractivity contribution in [3.05, 3.63) is 65.2 Å². The van der Waals surface area contributed by atoms with Gasteiger partial charge in [-0.2, -0.15) is 5.26 Å². The topological polar surface area (TPSA) is 57.9 Å². The van der Waals surface area contributed by atoms with Crippen LogP contribution in [0.15, 0.2) is 47.4 Å². The standard InChI is InChI=1S/C14H9F2NO2S/c15-12-3-1-2-4-14(12)20(18,19)9-11-6-5-10(8-17)7-13(11)16/h1-7H,9H2. The quantitative estimate of drug-likeness (QED) is 0.874. The molecular formula is C14H9F2NO2S. The summed E-state index contributed by atoms with van der Waals surface area (Å²) in [5.41, 5.74) is -0.0122. The van der Waals surface area contributed by atoms with Crippen LogP contribution >= 0.6 is 0 Å². The van der Waals surface area contributed by atoms with Crippen LogP contribution in [0.4, 0.5) is 8.78 Å². The maximum absolute atomic E-state index is 13.7. The molecular weight excluding hydrogens is 284 g/mol. The van der Waals surface area contributed by atoms with Crippen LogP contribution in [0.2, 0.25) is 0 Å². The first-order valence-electron chi connectivity index (χ1n) is 5.60. The Morgan fingerprint density at radius 2 is 1.75 bits per heavy atom. The minimum atomic E-state index is -3.98. The number of hydrogen-bond acceptors (Lipinski definition) is 3. The molecule has 0 atom stereocenters. The second-order valence-electron chi connectivity index (χ2n) is 4.11. The number of rotatable bonds is 3. The Morgan fingerprint density at radius 1 is 1.05 bits per heavy atom. The van der Waals surface area contributed by atoms with Crippen LogP contribution in [0, 0.1) is 23.0 Å². The van der Waals surface area contributed by atoms with Crippen molar-refractivity contribution >= 4 is 9.84 Å². The van der Waals surface area contributed by atoms with Gasteiger partial charge in [-0.05, 0) is 24.3 Å². The maximum atomic E-state index is 13.7. The first-order chi connectivity index (χ1) is 9.44. The lowest BCUT2D eigenvalue weighted by atomic mass is 10.1. The van der Waals surface area contributed by atoms with E-state index in [-0.39, 0.29) is 11.1 Å². The van der Waals surface area contributed by atoms with Crippen LogP contribution in [0.1, 0.15) is 11.1 Å². The van der Waals surface area contributed by atoms with Crippen molar-refractivity contribution in [2.24, 2.45) is 0 Å². The van der Waals surface area contributed by atoms with Crippen LogP contribution in [-0.4, -0.2) is 8.42 Å². The minimum Gasteiger partial charge on any atom is -0.223 e. The molecule has 3 nitrogen and oxygen atoms in total. The molecule has 0 radical (unpaired) electrons. The lowest BCUT2D eigenvalue weighted by molar-refractivity contribution is 0.563. The molecule has 0 aromatic heterocycles. The second kappa shape index (κ2) is 5.39. The number of sulfone groups is 1. The molecule has 102 valence electrons. The van der Waals surface area contributed by atoms with E-state index in [4.69, 9.17) is 5.26 Å². The number of hydrogen-bond donors (Lipinski definition) is 0. The summed E-state index contributed by atoms with van der Waals surface area (Å²) in [6.07, 6.45) is 0. The molecule has 2 aromatic rings. The third-order valence-corrected chi connectivity index (χ3v) is 4.39. The van der Waals surface area contributed by atoms with Crippen LogP contribution in [0.5, 0.6) is 0 Å². The number of benzene rings is 2. The maximum Gasteiger partial charge on any atom is 0.185 e. The van der Waals surface area contributed by atoms with E-state index in [0.717, 1.165) is 18.2 Å². The normalized spacial score (nSPS) is 11.1. The van der Waals surface area contributed by atoms with E-state index in [1.807, 2.05) is 0 Å². The summed E-state index contributed by atoms with van der Waals surface area (Å²) in [5, 5.41) is 8.62. The molecule has 0 aliphatic heterocycles. The SMILES string of the molecule is N#Cc1ccc(CS(=O)(=O)c2ccccc2F)c(F)c1. The molecule has 0 amide bonds. The first-order valence-corrected chi connectivity index (χ1v) is 7.25. The molecule has 2 aromatic carbocycles. The summed E-state index contributed by atoms with van der Waals surface area (Å²) in [7, 11) is -3.98. The van der Waals surface area contributed by atoms with Gasteiger partial charge in [-0.15, -0.1) is 0 Å². The van der Waals surface area contributed by atoms with Crippen molar-refractivity contribution < 1.29 is 17.2 Å². The Labute approximate surface area is 115 Å². The van der Waals surface area contributed by atoms with Crippen molar-refractivity contribution in [3.63, 3.8) is 0 Å². The lowest BCUT2D eigenvalue weighted by Crippen LogP contribution is -2.08. The molecule has 0 heterocycles. The summed E-state index contributed by atoms with van der Waals surface area (Å²) in [6, 6.07) is 10.2. The third kappa shape index (κ3) is 2.83. The predicted molar refractivity (Wildman–Crippen MR) is 68.4 cm³/mol.